The maximum Gasteiger partial charge on any atom is 0.255 e. The number of carbonyl (C=O) groups excluding carboxylic acids is 3. The fraction of sp³-hybridized carbons (Fsp3) is 0.469. The number of phenols is 1. The number of primary amides is 1. The summed E-state index contributed by atoms with van der Waals surface area (Å²) in [6.07, 6.45) is 4.25. The van der Waals surface area contributed by atoms with E-state index in [0.717, 1.165) is 36.3 Å². The van der Waals surface area contributed by atoms with Crippen LogP contribution in [0.4, 0.5) is 0 Å². The smallest absolute Gasteiger partial charge is 0.255 e. The van der Waals surface area contributed by atoms with E-state index in [-0.39, 0.29) is 29.7 Å². The molecular weight excluding hydrogens is 552 g/mol. The van der Waals surface area contributed by atoms with Gasteiger partial charge in [-0.25, -0.2) is 0 Å². The van der Waals surface area contributed by atoms with Gasteiger partial charge in [0.15, 0.2) is 11.4 Å². The van der Waals surface area contributed by atoms with E-state index in [1.807, 2.05) is 40.1 Å². The zero-order valence-electron chi connectivity index (χ0n) is 25.6. The highest BCUT2D eigenvalue weighted by Gasteiger charge is 2.64. The van der Waals surface area contributed by atoms with Gasteiger partial charge in [-0.05, 0) is 83.6 Å². The first-order valence-electron chi connectivity index (χ1n) is 14.3. The van der Waals surface area contributed by atoms with Gasteiger partial charge < -0.3 is 36.4 Å². The monoisotopic (exact) mass is 594 g/mol. The highest BCUT2D eigenvalue weighted by atomic mass is 16.3. The van der Waals surface area contributed by atoms with Crippen LogP contribution in [0.1, 0.15) is 37.0 Å². The van der Waals surface area contributed by atoms with Crippen LogP contribution in [0.15, 0.2) is 46.8 Å². The molecule has 0 unspecified atom stereocenters. The lowest BCUT2D eigenvalue weighted by atomic mass is 9.57. The number of Topliss-reactive ketones (excluding diaryl/α,β-unsaturated/α-hetero) is 2. The van der Waals surface area contributed by atoms with Crippen molar-refractivity contribution in [3.05, 3.63) is 63.5 Å². The van der Waals surface area contributed by atoms with Crippen molar-refractivity contribution in [2.75, 3.05) is 47.8 Å². The molecule has 3 aliphatic carbocycles. The lowest BCUT2D eigenvalue weighted by molar-refractivity contribution is -0.153. The van der Waals surface area contributed by atoms with Gasteiger partial charge in [-0.15, -0.1) is 0 Å². The van der Waals surface area contributed by atoms with Crippen molar-refractivity contribution in [1.82, 2.24) is 15.1 Å². The van der Waals surface area contributed by atoms with E-state index in [9.17, 15) is 34.8 Å². The maximum absolute atomic E-state index is 14.0. The molecule has 0 radical (unpaired) electrons. The molecule has 1 saturated carbocycles. The molecule has 1 amide bonds. The minimum absolute atomic E-state index is 0.0429. The van der Waals surface area contributed by atoms with E-state index in [0.29, 0.717) is 5.56 Å². The molecule has 0 saturated heterocycles. The standard InChI is InChI=1S/C32H42N4O7/c1-16(15-34-11-12-35(3)4)7-8-17(2)19-9-10-22(37)24-20(19)13-18-14-21-26(36(5)6)28(39)25(31(33)42)30(41)32(21,43)29(40)23(18)27(24)38/h7-10,18,21,26,34,37-38,41,43H,11-15H2,1-6H3,(H2,33,42)/b16-7+,17-8+/t18-,21-,26-,32-/m0/s1. The summed E-state index contributed by atoms with van der Waals surface area (Å²) in [6, 6.07) is 2.08. The van der Waals surface area contributed by atoms with Gasteiger partial charge in [0.05, 0.1) is 11.6 Å². The molecule has 0 spiro atoms. The summed E-state index contributed by atoms with van der Waals surface area (Å²) in [5.74, 6) is -6.65. The Kier molecular flexibility index (Phi) is 9.03. The summed E-state index contributed by atoms with van der Waals surface area (Å²) >= 11 is 0. The largest absolute Gasteiger partial charge is 0.508 e. The summed E-state index contributed by atoms with van der Waals surface area (Å²) in [5.41, 5.74) is 5.21. The van der Waals surface area contributed by atoms with Crippen molar-refractivity contribution in [3.63, 3.8) is 0 Å². The van der Waals surface area contributed by atoms with E-state index in [2.05, 4.69) is 10.2 Å². The number of nitrogens with two attached hydrogens (primary N) is 1. The number of fused-ring (bicyclic) bond motifs is 3. The average Bonchev–Trinajstić information content (AvgIpc) is 2.91. The number of allylic oxidation sites excluding steroid dienone is 3. The van der Waals surface area contributed by atoms with Crippen molar-refractivity contribution in [2.24, 2.45) is 17.6 Å². The molecule has 43 heavy (non-hydrogen) atoms. The summed E-state index contributed by atoms with van der Waals surface area (Å²) < 4.78 is 0. The number of amides is 1. The van der Waals surface area contributed by atoms with Crippen LogP contribution in [0.5, 0.6) is 5.75 Å². The zero-order chi connectivity index (χ0) is 32.0. The average molecular weight is 595 g/mol. The first-order chi connectivity index (χ1) is 20.1. The Morgan fingerprint density at radius 3 is 2.40 bits per heavy atom. The third-order valence-corrected chi connectivity index (χ3v) is 8.79. The molecule has 1 aromatic carbocycles. The fourth-order valence-corrected chi connectivity index (χ4v) is 6.62. The Morgan fingerprint density at radius 2 is 1.79 bits per heavy atom. The number of benzene rings is 1. The normalized spacial score (nSPS) is 26.2. The molecule has 4 rings (SSSR count). The number of ketones is 2. The molecule has 0 aromatic heterocycles. The molecule has 1 aromatic rings. The highest BCUT2D eigenvalue weighted by molar-refractivity contribution is 6.24. The SMILES string of the molecule is C/C(=C\C=C(/C)c1ccc(O)c2c1C[C@H]1C[C@H]3[C@H](N(C)C)C(=O)C(C(N)=O)=C(O)[C@@]3(O)C(=O)C1=C2O)CNCCN(C)C. The van der Waals surface area contributed by atoms with Crippen LogP contribution < -0.4 is 11.1 Å². The summed E-state index contributed by atoms with van der Waals surface area (Å²) in [4.78, 5) is 43.0. The van der Waals surface area contributed by atoms with Crippen molar-refractivity contribution in [1.29, 1.82) is 0 Å². The van der Waals surface area contributed by atoms with Gasteiger partial charge in [0, 0.05) is 31.1 Å². The van der Waals surface area contributed by atoms with Gasteiger partial charge in [0.1, 0.15) is 22.8 Å². The van der Waals surface area contributed by atoms with Crippen LogP contribution in [-0.4, -0.2) is 107 Å². The third-order valence-electron chi connectivity index (χ3n) is 8.79. The molecule has 4 atom stereocenters. The number of phenolic OH excluding ortho intramolecular Hbond substituents is 1. The van der Waals surface area contributed by atoms with E-state index in [1.165, 1.54) is 11.0 Å². The molecule has 0 aliphatic heterocycles. The Labute approximate surface area is 251 Å². The maximum atomic E-state index is 14.0. The highest BCUT2D eigenvalue weighted by Crippen LogP contribution is 2.53. The van der Waals surface area contributed by atoms with E-state index in [1.54, 1.807) is 20.2 Å². The van der Waals surface area contributed by atoms with Gasteiger partial charge in [-0.1, -0.05) is 23.8 Å². The van der Waals surface area contributed by atoms with Crippen LogP contribution >= 0.6 is 0 Å². The molecule has 1 fully saturated rings. The predicted molar refractivity (Wildman–Crippen MR) is 163 cm³/mol. The summed E-state index contributed by atoms with van der Waals surface area (Å²) in [6.45, 7) is 6.45. The number of nitrogens with one attached hydrogen (secondary N) is 1. The summed E-state index contributed by atoms with van der Waals surface area (Å²) in [7, 11) is 7.18. The van der Waals surface area contributed by atoms with Crippen molar-refractivity contribution >= 4 is 28.8 Å². The van der Waals surface area contributed by atoms with Gasteiger partial charge in [0.25, 0.3) is 5.91 Å². The molecule has 0 bridgehead atoms. The van der Waals surface area contributed by atoms with E-state index in [4.69, 9.17) is 5.73 Å². The number of aromatic hydroxyl groups is 1. The first-order valence-corrected chi connectivity index (χ1v) is 14.3. The number of aliphatic hydroxyl groups is 3. The second kappa shape index (κ2) is 12.1. The lowest BCUT2D eigenvalue weighted by Crippen LogP contribution is -2.65. The zero-order valence-corrected chi connectivity index (χ0v) is 25.6. The van der Waals surface area contributed by atoms with Crippen molar-refractivity contribution in [2.45, 2.75) is 38.3 Å². The molecule has 7 N–H and O–H groups in total. The van der Waals surface area contributed by atoms with Crippen LogP contribution in [0.3, 0.4) is 0 Å². The molecular formula is C32H42N4O7. The fourth-order valence-electron chi connectivity index (χ4n) is 6.62. The predicted octanol–water partition coefficient (Wildman–Crippen LogP) is 1.46. The number of rotatable bonds is 9. The molecule has 11 nitrogen and oxygen atoms in total. The Morgan fingerprint density at radius 1 is 1.12 bits per heavy atom. The minimum Gasteiger partial charge on any atom is -0.508 e. The van der Waals surface area contributed by atoms with Crippen LogP contribution in [0, 0.1) is 11.8 Å². The number of likely N-dealkylation sites (N-methyl/N-ethyl adjacent to an activating group) is 2. The number of nitrogens with zero attached hydrogens (tertiary/aromatic N) is 2. The lowest BCUT2D eigenvalue weighted by Gasteiger charge is -2.50. The van der Waals surface area contributed by atoms with Crippen LogP contribution in [0.25, 0.3) is 11.3 Å². The Bertz CT molecular complexity index is 1490. The van der Waals surface area contributed by atoms with Gasteiger partial charge in [0.2, 0.25) is 5.78 Å². The molecule has 0 heterocycles. The Hall–Kier alpha value is -3.77. The van der Waals surface area contributed by atoms with Gasteiger partial charge in [-0.3, -0.25) is 19.3 Å². The quantitative estimate of drug-likeness (QED) is 0.139. The second-order valence-electron chi connectivity index (χ2n) is 12.3. The van der Waals surface area contributed by atoms with Crippen LogP contribution in [-0.2, 0) is 20.8 Å². The van der Waals surface area contributed by atoms with E-state index >= 15 is 0 Å². The molecule has 3 aliphatic rings. The molecule has 232 valence electrons. The minimum atomic E-state index is -2.66. The van der Waals surface area contributed by atoms with Gasteiger partial charge >= 0.3 is 0 Å². The van der Waals surface area contributed by atoms with Crippen molar-refractivity contribution in [3.8, 4) is 5.75 Å². The van der Waals surface area contributed by atoms with E-state index < -0.39 is 58.0 Å². The number of hydrogen-bond acceptors (Lipinski definition) is 10. The topological polar surface area (TPSA) is 177 Å². The number of aliphatic hydroxyl groups excluding tert-OH is 2. The third kappa shape index (κ3) is 5.53. The van der Waals surface area contributed by atoms with Crippen molar-refractivity contribution < 1.29 is 34.8 Å². The van der Waals surface area contributed by atoms with Crippen LogP contribution in [0.2, 0.25) is 0 Å². The first kappa shape index (κ1) is 32.2. The molecule has 11 heteroatoms. The number of carbonyl (C=O) groups is 3. The van der Waals surface area contributed by atoms with Gasteiger partial charge in [-0.2, -0.15) is 0 Å². The second-order valence-corrected chi connectivity index (χ2v) is 12.3. The number of hydrogen-bond donors (Lipinski definition) is 6. The summed E-state index contributed by atoms with van der Waals surface area (Å²) in [5, 5.41) is 48.4. The Balaban J connectivity index is 1.78.